The van der Waals surface area contributed by atoms with Gasteiger partial charge in [-0.05, 0) is 27.7 Å². The third kappa shape index (κ3) is 23.3. The van der Waals surface area contributed by atoms with Gasteiger partial charge in [0.05, 0.1) is 0 Å². The standard InChI is InChI=1S/C8H14.C4H10.C2H8N2/c1-6(2)8(5)7(3)4;1-3-4-2;3-1-2-4/h1H2,2-5H3;3-4H2,1-2H3;1-4H2. The minimum Gasteiger partial charge on any atom is -0.329 e. The summed E-state index contributed by atoms with van der Waals surface area (Å²) in [6.45, 7) is 17.7. The van der Waals surface area contributed by atoms with E-state index in [0.717, 1.165) is 0 Å². The Morgan fingerprint density at radius 1 is 0.875 bits per heavy atom. The van der Waals surface area contributed by atoms with Gasteiger partial charge in [0.15, 0.2) is 0 Å². The summed E-state index contributed by atoms with van der Waals surface area (Å²) in [7, 11) is 0. The Balaban J connectivity index is -0.000000179. The number of allylic oxidation sites excluding steroid dienone is 3. The summed E-state index contributed by atoms with van der Waals surface area (Å²) in [5, 5.41) is 0. The van der Waals surface area contributed by atoms with Crippen molar-refractivity contribution in [3.63, 3.8) is 0 Å². The third-order valence-corrected chi connectivity index (χ3v) is 2.06. The molecule has 98 valence electrons. The molecular formula is C14H32N2. The van der Waals surface area contributed by atoms with Crippen molar-refractivity contribution in [2.45, 2.75) is 54.4 Å². The van der Waals surface area contributed by atoms with Gasteiger partial charge in [0.2, 0.25) is 0 Å². The Kier molecular flexibility index (Phi) is 21.8. The van der Waals surface area contributed by atoms with Crippen LogP contribution in [0.4, 0.5) is 0 Å². The molecule has 0 atom stereocenters. The van der Waals surface area contributed by atoms with Crippen LogP contribution in [0.25, 0.3) is 0 Å². The molecule has 0 fully saturated rings. The number of nitrogens with two attached hydrogens (primary N) is 2. The minimum absolute atomic E-state index is 0.597. The molecule has 0 aromatic rings. The fraction of sp³-hybridized carbons (Fsp3) is 0.714. The van der Waals surface area contributed by atoms with Crippen molar-refractivity contribution in [1.82, 2.24) is 0 Å². The summed E-state index contributed by atoms with van der Waals surface area (Å²) >= 11 is 0. The molecule has 0 radical (unpaired) electrons. The first kappa shape index (κ1) is 20.8. The Morgan fingerprint density at radius 2 is 1.19 bits per heavy atom. The lowest BCUT2D eigenvalue weighted by molar-refractivity contribution is 0.886. The van der Waals surface area contributed by atoms with Gasteiger partial charge in [-0.15, -0.1) is 0 Å². The average Bonchev–Trinajstić information content (AvgIpc) is 2.28. The monoisotopic (exact) mass is 228 g/mol. The SMILES string of the molecule is C=C(C)C(C)=C(C)C.CCCC.NCCN. The summed E-state index contributed by atoms with van der Waals surface area (Å²) in [4.78, 5) is 0. The molecule has 0 unspecified atom stereocenters. The molecular weight excluding hydrogens is 196 g/mol. The number of unbranched alkanes of at least 4 members (excludes halogenated alkanes) is 1. The van der Waals surface area contributed by atoms with E-state index in [1.165, 1.54) is 29.6 Å². The summed E-state index contributed by atoms with van der Waals surface area (Å²) in [6.07, 6.45) is 2.64. The van der Waals surface area contributed by atoms with Crippen molar-refractivity contribution >= 4 is 0 Å². The molecule has 0 saturated carbocycles. The van der Waals surface area contributed by atoms with Gasteiger partial charge in [-0.3, -0.25) is 0 Å². The lowest BCUT2D eigenvalue weighted by Gasteiger charge is -1.99. The Bertz CT molecular complexity index is 169. The highest BCUT2D eigenvalue weighted by atomic mass is 14.6. The van der Waals surface area contributed by atoms with Gasteiger partial charge in [-0.25, -0.2) is 0 Å². The maximum atomic E-state index is 4.90. The van der Waals surface area contributed by atoms with Crippen molar-refractivity contribution in [2.75, 3.05) is 13.1 Å². The van der Waals surface area contributed by atoms with Crippen molar-refractivity contribution in [2.24, 2.45) is 11.5 Å². The largest absolute Gasteiger partial charge is 0.329 e. The van der Waals surface area contributed by atoms with Crippen LogP contribution < -0.4 is 11.5 Å². The molecule has 4 N–H and O–H groups in total. The van der Waals surface area contributed by atoms with Crippen molar-refractivity contribution in [3.8, 4) is 0 Å². The zero-order valence-electron chi connectivity index (χ0n) is 12.2. The van der Waals surface area contributed by atoms with E-state index in [0.29, 0.717) is 13.1 Å². The highest BCUT2D eigenvalue weighted by molar-refractivity contribution is 5.27. The molecule has 0 aromatic heterocycles. The molecule has 0 spiro atoms. The fourth-order valence-corrected chi connectivity index (χ4v) is 0.427. The fourth-order valence-electron chi connectivity index (χ4n) is 0.427. The highest BCUT2D eigenvalue weighted by Gasteiger charge is 1.88. The highest BCUT2D eigenvalue weighted by Crippen LogP contribution is 2.09. The van der Waals surface area contributed by atoms with E-state index in [9.17, 15) is 0 Å². The maximum absolute atomic E-state index is 4.90. The van der Waals surface area contributed by atoms with Crippen LogP contribution in [-0.2, 0) is 0 Å². The van der Waals surface area contributed by atoms with Crippen LogP contribution >= 0.6 is 0 Å². The molecule has 0 aliphatic carbocycles. The van der Waals surface area contributed by atoms with Crippen molar-refractivity contribution < 1.29 is 0 Å². The van der Waals surface area contributed by atoms with Gasteiger partial charge in [0.25, 0.3) is 0 Å². The van der Waals surface area contributed by atoms with Crippen LogP contribution in [0.3, 0.4) is 0 Å². The van der Waals surface area contributed by atoms with Gasteiger partial charge < -0.3 is 11.5 Å². The molecule has 16 heavy (non-hydrogen) atoms. The maximum Gasteiger partial charge on any atom is 0.00461 e. The van der Waals surface area contributed by atoms with Crippen LogP contribution in [0.15, 0.2) is 23.3 Å². The number of rotatable bonds is 3. The number of hydrogen-bond donors (Lipinski definition) is 2. The first-order valence-electron chi connectivity index (χ1n) is 6.08. The molecule has 0 amide bonds. The molecule has 0 saturated heterocycles. The molecule has 0 aromatic carbocycles. The van der Waals surface area contributed by atoms with Crippen LogP contribution in [0.2, 0.25) is 0 Å². The number of hydrogen-bond acceptors (Lipinski definition) is 2. The van der Waals surface area contributed by atoms with E-state index in [4.69, 9.17) is 11.5 Å². The quantitative estimate of drug-likeness (QED) is 0.725. The first-order valence-corrected chi connectivity index (χ1v) is 6.08. The second kappa shape index (κ2) is 16.8. The van der Waals surface area contributed by atoms with E-state index in [2.05, 4.69) is 41.2 Å². The van der Waals surface area contributed by atoms with E-state index in [1.54, 1.807) is 0 Å². The lowest BCUT2D eigenvalue weighted by Crippen LogP contribution is -2.11. The predicted molar refractivity (Wildman–Crippen MR) is 77.6 cm³/mol. The second-order valence-electron chi connectivity index (χ2n) is 3.98. The predicted octanol–water partition coefficient (Wildman–Crippen LogP) is 3.63. The van der Waals surface area contributed by atoms with Crippen LogP contribution in [0.5, 0.6) is 0 Å². The molecule has 0 rings (SSSR count). The summed E-state index contributed by atoms with van der Waals surface area (Å²) in [5.74, 6) is 0. The van der Waals surface area contributed by atoms with Gasteiger partial charge >= 0.3 is 0 Å². The topological polar surface area (TPSA) is 52.0 Å². The second-order valence-corrected chi connectivity index (χ2v) is 3.98. The van der Waals surface area contributed by atoms with E-state index in [-0.39, 0.29) is 0 Å². The molecule has 0 bridgehead atoms. The lowest BCUT2D eigenvalue weighted by atomic mass is 10.1. The Hall–Kier alpha value is -0.600. The van der Waals surface area contributed by atoms with Crippen LogP contribution in [0.1, 0.15) is 54.4 Å². The van der Waals surface area contributed by atoms with Gasteiger partial charge in [-0.2, -0.15) is 0 Å². The molecule has 0 aliphatic rings. The summed E-state index contributed by atoms with van der Waals surface area (Å²) in [5.41, 5.74) is 13.7. The molecule has 2 nitrogen and oxygen atoms in total. The summed E-state index contributed by atoms with van der Waals surface area (Å²) in [6, 6.07) is 0. The van der Waals surface area contributed by atoms with Gasteiger partial charge in [-0.1, -0.05) is 50.0 Å². The molecule has 0 heterocycles. The van der Waals surface area contributed by atoms with E-state index < -0.39 is 0 Å². The normalized spacial score (nSPS) is 8.00. The van der Waals surface area contributed by atoms with Crippen LogP contribution in [-0.4, -0.2) is 13.1 Å². The van der Waals surface area contributed by atoms with E-state index >= 15 is 0 Å². The van der Waals surface area contributed by atoms with Crippen molar-refractivity contribution in [3.05, 3.63) is 23.3 Å². The Morgan fingerprint density at radius 3 is 1.19 bits per heavy atom. The van der Waals surface area contributed by atoms with Crippen LogP contribution in [0, 0.1) is 0 Å². The zero-order valence-corrected chi connectivity index (χ0v) is 12.2. The first-order chi connectivity index (χ1) is 7.38. The summed E-state index contributed by atoms with van der Waals surface area (Å²) < 4.78 is 0. The Labute approximate surface area is 103 Å². The van der Waals surface area contributed by atoms with E-state index in [1.807, 2.05) is 6.92 Å². The van der Waals surface area contributed by atoms with Crippen molar-refractivity contribution in [1.29, 1.82) is 0 Å². The molecule has 0 aliphatic heterocycles. The molecule has 2 heteroatoms. The average molecular weight is 228 g/mol. The smallest absolute Gasteiger partial charge is 0.00461 e. The minimum atomic E-state index is 0.597. The zero-order chi connectivity index (χ0) is 13.6. The van der Waals surface area contributed by atoms with Gasteiger partial charge in [0.1, 0.15) is 0 Å². The third-order valence-electron chi connectivity index (χ3n) is 2.06. The van der Waals surface area contributed by atoms with Gasteiger partial charge in [0, 0.05) is 13.1 Å².